The summed E-state index contributed by atoms with van der Waals surface area (Å²) in [6.45, 7) is 5.39. The Balaban J connectivity index is 0.00000208. The first-order valence-electron chi connectivity index (χ1n) is 8.41. The molecule has 0 saturated heterocycles. The molecule has 24 heavy (non-hydrogen) atoms. The van der Waals surface area contributed by atoms with E-state index in [4.69, 9.17) is 0 Å². The zero-order valence-corrected chi connectivity index (χ0v) is 16.4. The van der Waals surface area contributed by atoms with Crippen LogP contribution in [0.15, 0.2) is 47.7 Å². The topological polar surface area (TPSA) is 54.2 Å². The molecule has 0 radical (unpaired) electrons. The van der Waals surface area contributed by atoms with E-state index in [9.17, 15) is 0 Å². The minimum absolute atomic E-state index is 0. The summed E-state index contributed by atoms with van der Waals surface area (Å²) in [5.74, 6) is 2.70. The van der Waals surface area contributed by atoms with Gasteiger partial charge in [-0.15, -0.1) is 24.0 Å². The van der Waals surface area contributed by atoms with E-state index in [1.807, 2.05) is 18.5 Å². The van der Waals surface area contributed by atoms with E-state index in [2.05, 4.69) is 56.4 Å². The van der Waals surface area contributed by atoms with Gasteiger partial charge in [0.05, 0.1) is 0 Å². The lowest BCUT2D eigenvalue weighted by atomic mass is 10.2. The van der Waals surface area contributed by atoms with Crippen molar-refractivity contribution in [2.24, 2.45) is 10.9 Å². The summed E-state index contributed by atoms with van der Waals surface area (Å²) in [7, 11) is 0. The number of halogens is 1. The Kier molecular flexibility index (Phi) is 7.55. The lowest BCUT2D eigenvalue weighted by molar-refractivity contribution is 0.708. The maximum absolute atomic E-state index is 4.67. The van der Waals surface area contributed by atoms with E-state index in [0.717, 1.165) is 37.3 Å². The smallest absolute Gasteiger partial charge is 0.191 e. The first kappa shape index (κ1) is 18.8. The summed E-state index contributed by atoms with van der Waals surface area (Å²) < 4.78 is 2.16. The average molecular weight is 439 g/mol. The summed E-state index contributed by atoms with van der Waals surface area (Å²) in [4.78, 5) is 9.12. The number of hydrogen-bond acceptors (Lipinski definition) is 2. The number of aliphatic imine (C=N–C) groups is 1. The molecule has 0 spiro atoms. The van der Waals surface area contributed by atoms with Crippen LogP contribution < -0.4 is 10.6 Å². The van der Waals surface area contributed by atoms with Crippen LogP contribution in [0.3, 0.4) is 0 Å². The highest BCUT2D eigenvalue weighted by Gasteiger charge is 2.21. The second-order valence-corrected chi connectivity index (χ2v) is 5.98. The summed E-state index contributed by atoms with van der Waals surface area (Å²) in [6, 6.07) is 10.4. The van der Waals surface area contributed by atoms with Crippen LogP contribution in [0.5, 0.6) is 0 Å². The number of nitrogens with zero attached hydrogens (tertiary/aromatic N) is 3. The van der Waals surface area contributed by atoms with Crippen molar-refractivity contribution < 1.29 is 0 Å². The van der Waals surface area contributed by atoms with Gasteiger partial charge in [0.1, 0.15) is 12.4 Å². The van der Waals surface area contributed by atoms with E-state index in [1.165, 1.54) is 18.4 Å². The molecule has 2 aromatic rings. The Morgan fingerprint density at radius 1 is 1.25 bits per heavy atom. The van der Waals surface area contributed by atoms with Gasteiger partial charge in [0.25, 0.3) is 0 Å². The van der Waals surface area contributed by atoms with Crippen molar-refractivity contribution in [3.05, 3.63) is 54.1 Å². The van der Waals surface area contributed by atoms with E-state index < -0.39 is 0 Å². The molecule has 1 aromatic heterocycles. The van der Waals surface area contributed by atoms with Gasteiger partial charge in [-0.1, -0.05) is 30.3 Å². The van der Waals surface area contributed by atoms with Gasteiger partial charge in [-0.3, -0.25) is 0 Å². The zero-order valence-electron chi connectivity index (χ0n) is 14.1. The first-order chi connectivity index (χ1) is 11.3. The molecule has 5 nitrogen and oxygen atoms in total. The van der Waals surface area contributed by atoms with Crippen LogP contribution in [-0.4, -0.2) is 28.6 Å². The highest BCUT2D eigenvalue weighted by atomic mass is 127. The number of benzene rings is 1. The van der Waals surface area contributed by atoms with Crippen LogP contribution in [0.25, 0.3) is 0 Å². The lowest BCUT2D eigenvalue weighted by Gasteiger charge is -2.11. The second-order valence-electron chi connectivity index (χ2n) is 5.98. The predicted octanol–water partition coefficient (Wildman–Crippen LogP) is 3.01. The molecule has 2 N–H and O–H groups in total. The molecule has 1 aliphatic carbocycles. The predicted molar refractivity (Wildman–Crippen MR) is 109 cm³/mol. The van der Waals surface area contributed by atoms with Crippen molar-refractivity contribution in [2.75, 3.05) is 13.1 Å². The quantitative estimate of drug-likeness (QED) is 0.396. The van der Waals surface area contributed by atoms with E-state index >= 15 is 0 Å². The molecular weight excluding hydrogens is 413 g/mol. The Morgan fingerprint density at radius 3 is 2.75 bits per heavy atom. The molecule has 1 aliphatic rings. The third-order valence-corrected chi connectivity index (χ3v) is 3.98. The summed E-state index contributed by atoms with van der Waals surface area (Å²) in [5.41, 5.74) is 1.27. The van der Waals surface area contributed by atoms with Crippen molar-refractivity contribution in [1.82, 2.24) is 20.2 Å². The molecule has 0 bridgehead atoms. The normalized spacial score (nSPS) is 14.1. The first-order valence-corrected chi connectivity index (χ1v) is 8.41. The fraction of sp³-hybridized carbons (Fsp3) is 0.444. The molecule has 130 valence electrons. The molecule has 6 heteroatoms. The van der Waals surface area contributed by atoms with Crippen molar-refractivity contribution in [3.8, 4) is 0 Å². The standard InChI is InChI=1S/C18H25N5.HI/c1-2-19-18(21-12-15-8-9-15)22-13-17-20-10-11-23(17)14-16-6-4-3-5-7-16;/h3-7,10-11,15H,2,8-9,12-14H2,1H3,(H2,19,21,22);1H. The van der Waals surface area contributed by atoms with Crippen molar-refractivity contribution in [3.63, 3.8) is 0 Å². The number of rotatable bonds is 7. The lowest BCUT2D eigenvalue weighted by Crippen LogP contribution is -2.38. The third kappa shape index (κ3) is 5.81. The van der Waals surface area contributed by atoms with Gasteiger partial charge in [-0.25, -0.2) is 9.98 Å². The molecule has 0 atom stereocenters. The number of aromatic nitrogens is 2. The molecule has 1 aromatic carbocycles. The third-order valence-electron chi connectivity index (χ3n) is 3.98. The van der Waals surface area contributed by atoms with Gasteiger partial charge >= 0.3 is 0 Å². The van der Waals surface area contributed by atoms with Gasteiger partial charge in [-0.05, 0) is 31.2 Å². The van der Waals surface area contributed by atoms with Crippen molar-refractivity contribution >= 4 is 29.9 Å². The number of nitrogens with one attached hydrogen (secondary N) is 2. The van der Waals surface area contributed by atoms with Gasteiger partial charge in [0, 0.05) is 32.0 Å². The van der Waals surface area contributed by atoms with E-state index in [0.29, 0.717) is 6.54 Å². The van der Waals surface area contributed by atoms with Crippen LogP contribution >= 0.6 is 24.0 Å². The van der Waals surface area contributed by atoms with Crippen LogP contribution in [0, 0.1) is 5.92 Å². The van der Waals surface area contributed by atoms with Gasteiger partial charge in [0.2, 0.25) is 0 Å². The van der Waals surface area contributed by atoms with Crippen LogP contribution in [0.1, 0.15) is 31.2 Å². The Bertz CT molecular complexity index is 634. The van der Waals surface area contributed by atoms with Gasteiger partial charge in [-0.2, -0.15) is 0 Å². The number of guanidine groups is 1. The number of imidazole rings is 1. The minimum atomic E-state index is 0. The molecule has 1 saturated carbocycles. The summed E-state index contributed by atoms with van der Waals surface area (Å²) in [6.07, 6.45) is 6.54. The maximum atomic E-state index is 4.67. The van der Waals surface area contributed by atoms with E-state index in [-0.39, 0.29) is 24.0 Å². The fourth-order valence-corrected chi connectivity index (χ4v) is 2.47. The van der Waals surface area contributed by atoms with Gasteiger partial charge < -0.3 is 15.2 Å². The minimum Gasteiger partial charge on any atom is -0.357 e. The summed E-state index contributed by atoms with van der Waals surface area (Å²) >= 11 is 0. The van der Waals surface area contributed by atoms with Crippen LogP contribution in [0.4, 0.5) is 0 Å². The van der Waals surface area contributed by atoms with Crippen molar-refractivity contribution in [2.45, 2.75) is 32.9 Å². The molecule has 1 fully saturated rings. The SMILES string of the molecule is CCNC(=NCc1nccn1Cc1ccccc1)NCC1CC1.I. The molecule has 0 amide bonds. The Hall–Kier alpha value is -1.57. The fourth-order valence-electron chi connectivity index (χ4n) is 2.47. The number of hydrogen-bond donors (Lipinski definition) is 2. The van der Waals surface area contributed by atoms with Gasteiger partial charge in [0.15, 0.2) is 5.96 Å². The zero-order chi connectivity index (χ0) is 15.9. The molecular formula is C18H26IN5. The van der Waals surface area contributed by atoms with Crippen LogP contribution in [-0.2, 0) is 13.1 Å². The maximum Gasteiger partial charge on any atom is 0.191 e. The average Bonchev–Trinajstić information content (AvgIpc) is 3.31. The monoisotopic (exact) mass is 439 g/mol. The summed E-state index contributed by atoms with van der Waals surface area (Å²) in [5, 5.41) is 6.72. The second kappa shape index (κ2) is 9.66. The van der Waals surface area contributed by atoms with Crippen molar-refractivity contribution in [1.29, 1.82) is 0 Å². The molecule has 0 aliphatic heterocycles. The molecule has 0 unspecified atom stereocenters. The highest BCUT2D eigenvalue weighted by molar-refractivity contribution is 14.0. The Morgan fingerprint density at radius 2 is 2.04 bits per heavy atom. The molecule has 1 heterocycles. The highest BCUT2D eigenvalue weighted by Crippen LogP contribution is 2.27. The van der Waals surface area contributed by atoms with E-state index in [1.54, 1.807) is 0 Å². The molecule has 3 rings (SSSR count). The largest absolute Gasteiger partial charge is 0.357 e. The Labute approximate surface area is 161 Å². The van der Waals surface area contributed by atoms with Crippen LogP contribution in [0.2, 0.25) is 0 Å².